The molecule has 1 aliphatic heterocycles. The molecule has 1 atom stereocenters. The van der Waals surface area contributed by atoms with Crippen LogP contribution in [-0.2, 0) is 0 Å². The topological polar surface area (TPSA) is 67.7 Å². The molecule has 4 aromatic rings. The van der Waals surface area contributed by atoms with Crippen LogP contribution in [0.3, 0.4) is 0 Å². The Morgan fingerprint density at radius 1 is 1.12 bits per heavy atom. The number of anilines is 1. The minimum atomic E-state index is 0.0612. The van der Waals surface area contributed by atoms with Gasteiger partial charge in [-0.25, -0.2) is 10.4 Å². The number of fused-ring (bicyclic) bond motifs is 2. The lowest BCUT2D eigenvalue weighted by atomic mass is 10.0. The van der Waals surface area contributed by atoms with E-state index in [1.165, 1.54) is 0 Å². The van der Waals surface area contributed by atoms with Gasteiger partial charge in [0.1, 0.15) is 0 Å². The van der Waals surface area contributed by atoms with Crippen LogP contribution in [0, 0.1) is 6.92 Å². The number of pyridine rings is 1. The Morgan fingerprint density at radius 3 is 2.79 bits per heavy atom. The average Bonchev–Trinajstić information content (AvgIpc) is 3.30. The molecule has 0 spiro atoms. The van der Waals surface area contributed by atoms with Crippen LogP contribution >= 0.6 is 11.3 Å². The minimum absolute atomic E-state index is 0.0612. The second-order valence-electron chi connectivity index (χ2n) is 5.71. The van der Waals surface area contributed by atoms with E-state index in [2.05, 4.69) is 21.9 Å². The van der Waals surface area contributed by atoms with Gasteiger partial charge in [0, 0.05) is 18.0 Å². The summed E-state index contributed by atoms with van der Waals surface area (Å²) in [6.07, 6.45) is 3.62. The summed E-state index contributed by atoms with van der Waals surface area (Å²) >= 11 is 1.64. The molecule has 1 aliphatic rings. The highest BCUT2D eigenvalue weighted by molar-refractivity contribution is 7.20. The zero-order valence-corrected chi connectivity index (χ0v) is 13.7. The molecule has 1 aromatic carbocycles. The van der Waals surface area contributed by atoms with Crippen molar-refractivity contribution in [2.75, 3.05) is 5.43 Å². The Balaban J connectivity index is 1.64. The molecule has 1 unspecified atom stereocenters. The monoisotopic (exact) mass is 334 g/mol. The molecule has 0 aliphatic carbocycles. The van der Waals surface area contributed by atoms with Crippen molar-refractivity contribution in [1.29, 1.82) is 0 Å². The highest BCUT2D eigenvalue weighted by Crippen LogP contribution is 2.37. The van der Waals surface area contributed by atoms with Crippen LogP contribution in [0.2, 0.25) is 0 Å². The van der Waals surface area contributed by atoms with Gasteiger partial charge in [0.15, 0.2) is 5.82 Å². The maximum Gasteiger partial charge on any atom is 0.213 e. The smallest absolute Gasteiger partial charge is 0.213 e. The summed E-state index contributed by atoms with van der Waals surface area (Å²) < 4.78 is 3.05. The summed E-state index contributed by atoms with van der Waals surface area (Å²) in [6, 6.07) is 12.2. The molecule has 0 amide bonds. The maximum absolute atomic E-state index is 4.72. The van der Waals surface area contributed by atoms with E-state index in [4.69, 9.17) is 10.1 Å². The minimum Gasteiger partial charge on any atom is -0.304 e. The van der Waals surface area contributed by atoms with Crippen LogP contribution in [0.5, 0.6) is 0 Å². The predicted molar refractivity (Wildman–Crippen MR) is 94.3 cm³/mol. The Bertz CT molecular complexity index is 1000. The van der Waals surface area contributed by atoms with E-state index < -0.39 is 0 Å². The fourth-order valence-electron chi connectivity index (χ4n) is 3.11. The molecule has 3 aromatic heterocycles. The third-order valence-electron chi connectivity index (χ3n) is 4.23. The number of rotatable bonds is 2. The molecule has 4 heterocycles. The molecule has 24 heavy (non-hydrogen) atoms. The molecule has 0 fully saturated rings. The summed E-state index contributed by atoms with van der Waals surface area (Å²) in [7, 11) is 0. The third kappa shape index (κ3) is 1.95. The summed E-state index contributed by atoms with van der Waals surface area (Å²) in [5, 5.41) is 5.59. The quantitative estimate of drug-likeness (QED) is 0.589. The Kier molecular flexibility index (Phi) is 2.91. The Hall–Kier alpha value is -2.77. The van der Waals surface area contributed by atoms with Gasteiger partial charge in [-0.15, -0.1) is 0 Å². The van der Waals surface area contributed by atoms with Gasteiger partial charge in [-0.1, -0.05) is 23.5 Å². The zero-order valence-electron chi connectivity index (χ0n) is 12.9. The second-order valence-corrected chi connectivity index (χ2v) is 6.72. The highest BCUT2D eigenvalue weighted by atomic mass is 32.1. The van der Waals surface area contributed by atoms with Crippen molar-refractivity contribution in [3.63, 3.8) is 0 Å². The number of hydrazine groups is 1. The number of para-hydroxylation sites is 1. The SMILES string of the molecule is Cc1nn(-c2nc3ccccc3s2)c2c1C(c1ccncc1)NN2. The second kappa shape index (κ2) is 5.12. The van der Waals surface area contributed by atoms with Gasteiger partial charge in [0.2, 0.25) is 5.13 Å². The number of benzene rings is 1. The predicted octanol–water partition coefficient (Wildman–Crippen LogP) is 3.20. The van der Waals surface area contributed by atoms with Crippen molar-refractivity contribution in [1.82, 2.24) is 25.2 Å². The van der Waals surface area contributed by atoms with Gasteiger partial charge in [-0.2, -0.15) is 9.78 Å². The van der Waals surface area contributed by atoms with E-state index in [0.717, 1.165) is 38.0 Å². The standard InChI is InChI=1S/C17H14N6S/c1-10-14-15(11-6-8-18-9-7-11)20-21-16(14)23(22-10)17-19-12-4-2-3-5-13(12)24-17/h2-9,15,20-21H,1H3. The maximum atomic E-state index is 4.72. The number of nitrogens with one attached hydrogen (secondary N) is 2. The summed E-state index contributed by atoms with van der Waals surface area (Å²) in [4.78, 5) is 8.81. The lowest BCUT2D eigenvalue weighted by molar-refractivity contribution is 0.707. The van der Waals surface area contributed by atoms with E-state index >= 15 is 0 Å². The normalized spacial score (nSPS) is 16.3. The molecule has 0 bridgehead atoms. The first kappa shape index (κ1) is 13.6. The highest BCUT2D eigenvalue weighted by Gasteiger charge is 2.31. The Labute approximate surface area is 142 Å². The summed E-state index contributed by atoms with van der Waals surface area (Å²) in [5.41, 5.74) is 10.9. The van der Waals surface area contributed by atoms with Crippen LogP contribution in [0.4, 0.5) is 5.82 Å². The molecule has 5 rings (SSSR count). The van der Waals surface area contributed by atoms with E-state index in [0.29, 0.717) is 0 Å². The van der Waals surface area contributed by atoms with Crippen molar-refractivity contribution in [3.8, 4) is 5.13 Å². The van der Waals surface area contributed by atoms with Gasteiger partial charge < -0.3 is 5.43 Å². The molecule has 118 valence electrons. The molecular weight excluding hydrogens is 320 g/mol. The molecular formula is C17H14N6S. The average molecular weight is 334 g/mol. The van der Waals surface area contributed by atoms with Gasteiger partial charge >= 0.3 is 0 Å². The number of hydrogen-bond acceptors (Lipinski definition) is 6. The lowest BCUT2D eigenvalue weighted by Gasteiger charge is -2.10. The largest absolute Gasteiger partial charge is 0.304 e. The van der Waals surface area contributed by atoms with Crippen molar-refractivity contribution in [2.24, 2.45) is 0 Å². The number of hydrogen-bond donors (Lipinski definition) is 2. The van der Waals surface area contributed by atoms with Crippen molar-refractivity contribution in [2.45, 2.75) is 13.0 Å². The number of aromatic nitrogens is 4. The van der Waals surface area contributed by atoms with E-state index in [9.17, 15) is 0 Å². The van der Waals surface area contributed by atoms with Gasteiger partial charge in [0.05, 0.1) is 22.0 Å². The van der Waals surface area contributed by atoms with Crippen LogP contribution in [0.15, 0.2) is 48.8 Å². The fraction of sp³-hybridized carbons (Fsp3) is 0.118. The summed E-state index contributed by atoms with van der Waals surface area (Å²) in [5.74, 6) is 0.952. The molecule has 0 saturated carbocycles. The lowest BCUT2D eigenvalue weighted by Crippen LogP contribution is -2.21. The van der Waals surface area contributed by atoms with Crippen LogP contribution in [0.25, 0.3) is 15.3 Å². The van der Waals surface area contributed by atoms with E-state index in [-0.39, 0.29) is 6.04 Å². The molecule has 7 heteroatoms. The van der Waals surface area contributed by atoms with Gasteiger partial charge in [-0.3, -0.25) is 4.98 Å². The molecule has 0 saturated heterocycles. The Morgan fingerprint density at radius 2 is 1.96 bits per heavy atom. The van der Waals surface area contributed by atoms with Crippen molar-refractivity contribution < 1.29 is 0 Å². The first-order chi connectivity index (χ1) is 11.8. The van der Waals surface area contributed by atoms with Crippen molar-refractivity contribution in [3.05, 3.63) is 65.6 Å². The number of nitrogens with zero attached hydrogens (tertiary/aromatic N) is 4. The third-order valence-corrected chi connectivity index (χ3v) is 5.25. The van der Waals surface area contributed by atoms with Gasteiger partial charge in [0.25, 0.3) is 0 Å². The van der Waals surface area contributed by atoms with Crippen molar-refractivity contribution >= 4 is 27.4 Å². The number of aryl methyl sites for hydroxylation is 1. The zero-order chi connectivity index (χ0) is 16.1. The molecule has 6 nitrogen and oxygen atoms in total. The van der Waals surface area contributed by atoms with Crippen LogP contribution in [0.1, 0.15) is 22.9 Å². The molecule has 2 N–H and O–H groups in total. The first-order valence-electron chi connectivity index (χ1n) is 7.68. The first-order valence-corrected chi connectivity index (χ1v) is 8.50. The van der Waals surface area contributed by atoms with E-state index in [1.807, 2.05) is 54.3 Å². The van der Waals surface area contributed by atoms with Gasteiger partial charge in [-0.05, 0) is 36.8 Å². The summed E-state index contributed by atoms with van der Waals surface area (Å²) in [6.45, 7) is 2.03. The fourth-order valence-corrected chi connectivity index (χ4v) is 4.04. The number of thiazole rings is 1. The molecule has 0 radical (unpaired) electrons. The van der Waals surface area contributed by atoms with Crippen LogP contribution in [-0.4, -0.2) is 19.7 Å². The van der Waals surface area contributed by atoms with E-state index in [1.54, 1.807) is 11.3 Å². The van der Waals surface area contributed by atoms with Crippen LogP contribution < -0.4 is 10.9 Å².